The largest absolute Gasteiger partial charge is 0.584 e. The number of methoxy groups -OCH3 is 1. The molecule has 0 saturated heterocycles. The predicted molar refractivity (Wildman–Crippen MR) is 119 cm³/mol. The van der Waals surface area contributed by atoms with E-state index >= 15 is 0 Å². The zero-order valence-electron chi connectivity index (χ0n) is 17.1. The first-order valence-electron chi connectivity index (χ1n) is 9.46. The van der Waals surface area contributed by atoms with Gasteiger partial charge in [0.2, 0.25) is 0 Å². The molecule has 0 amide bonds. The van der Waals surface area contributed by atoms with E-state index in [-0.39, 0.29) is 5.75 Å². The second kappa shape index (κ2) is 9.57. The molecule has 5 nitrogen and oxygen atoms in total. The van der Waals surface area contributed by atoms with Gasteiger partial charge in [-0.1, -0.05) is 35.9 Å². The van der Waals surface area contributed by atoms with Gasteiger partial charge in [-0.25, -0.2) is 4.57 Å². The Bertz CT molecular complexity index is 1030. The number of phosphoric ester groups is 1. The minimum Gasteiger partial charge on any atom is -0.497 e. The average Bonchev–Trinajstić information content (AvgIpc) is 2.71. The molecule has 30 heavy (non-hydrogen) atoms. The highest BCUT2D eigenvalue weighted by atomic mass is 35.5. The summed E-state index contributed by atoms with van der Waals surface area (Å²) < 4.78 is 28.2. The molecule has 1 atom stereocenters. The molecule has 0 radical (unpaired) electrons. The summed E-state index contributed by atoms with van der Waals surface area (Å²) in [5, 5.41) is 0.507. The molecule has 1 unspecified atom stereocenters. The molecule has 0 aliphatic heterocycles. The third-order valence-electron chi connectivity index (χ3n) is 4.62. The third-order valence-corrected chi connectivity index (χ3v) is 5.73. The molecule has 0 heterocycles. The van der Waals surface area contributed by atoms with E-state index in [1.807, 2.05) is 50.2 Å². The van der Waals surface area contributed by atoms with Gasteiger partial charge in [0.15, 0.2) is 0 Å². The van der Waals surface area contributed by atoms with Gasteiger partial charge in [0.1, 0.15) is 17.2 Å². The lowest BCUT2D eigenvalue weighted by Gasteiger charge is -2.18. The van der Waals surface area contributed by atoms with Crippen molar-refractivity contribution in [2.75, 3.05) is 7.11 Å². The molecular weight excluding hydrogens is 423 g/mol. The highest BCUT2D eigenvalue weighted by molar-refractivity contribution is 7.48. The zero-order chi connectivity index (χ0) is 21.7. The van der Waals surface area contributed by atoms with Crippen molar-refractivity contribution in [1.82, 2.24) is 0 Å². The van der Waals surface area contributed by atoms with Crippen LogP contribution in [0.4, 0.5) is 0 Å². The van der Waals surface area contributed by atoms with Crippen LogP contribution in [0.5, 0.6) is 17.2 Å². The van der Waals surface area contributed by atoms with Gasteiger partial charge in [-0.3, -0.25) is 4.89 Å². The maximum atomic E-state index is 12.5. The van der Waals surface area contributed by atoms with Gasteiger partial charge in [0.25, 0.3) is 0 Å². The molecular formula is C23H24ClO5P. The van der Waals surface area contributed by atoms with Crippen LogP contribution in [0.3, 0.4) is 0 Å². The number of halogens is 1. The lowest BCUT2D eigenvalue weighted by molar-refractivity contribution is 0.289. The first-order valence-corrected chi connectivity index (χ1v) is 11.3. The van der Waals surface area contributed by atoms with Crippen LogP contribution in [-0.2, 0) is 17.4 Å². The maximum Gasteiger partial charge on any atom is 0.584 e. The molecule has 158 valence electrons. The van der Waals surface area contributed by atoms with Crippen molar-refractivity contribution >= 4 is 19.4 Å². The minimum absolute atomic E-state index is 0.205. The van der Waals surface area contributed by atoms with Crippen LogP contribution in [0.15, 0.2) is 60.7 Å². The Morgan fingerprint density at radius 2 is 1.37 bits per heavy atom. The summed E-state index contributed by atoms with van der Waals surface area (Å²) in [6, 6.07) is 18.1. The Morgan fingerprint density at radius 1 is 0.833 bits per heavy atom. The van der Waals surface area contributed by atoms with Gasteiger partial charge >= 0.3 is 7.82 Å². The molecule has 0 fully saturated rings. The van der Waals surface area contributed by atoms with E-state index in [0.717, 1.165) is 35.3 Å². The topological polar surface area (TPSA) is 65.0 Å². The van der Waals surface area contributed by atoms with Crippen LogP contribution in [0.1, 0.15) is 22.3 Å². The predicted octanol–water partition coefficient (Wildman–Crippen LogP) is 6.31. The van der Waals surface area contributed by atoms with Gasteiger partial charge in [-0.15, -0.1) is 0 Å². The van der Waals surface area contributed by atoms with Gasteiger partial charge in [-0.2, -0.15) is 0 Å². The molecule has 3 aromatic rings. The van der Waals surface area contributed by atoms with E-state index in [4.69, 9.17) is 25.4 Å². The Balaban J connectivity index is 1.68. The fraction of sp³-hybridized carbons (Fsp3) is 0.217. The molecule has 3 aromatic carbocycles. The smallest absolute Gasteiger partial charge is 0.497 e. The van der Waals surface area contributed by atoms with E-state index in [1.54, 1.807) is 19.2 Å². The highest BCUT2D eigenvalue weighted by Gasteiger charge is 2.27. The monoisotopic (exact) mass is 446 g/mol. The van der Waals surface area contributed by atoms with Crippen LogP contribution in [0.2, 0.25) is 5.02 Å². The van der Waals surface area contributed by atoms with E-state index in [1.165, 1.54) is 17.7 Å². The first-order chi connectivity index (χ1) is 14.3. The Labute approximate surface area is 181 Å². The van der Waals surface area contributed by atoms with Crippen molar-refractivity contribution in [3.63, 3.8) is 0 Å². The lowest BCUT2D eigenvalue weighted by Crippen LogP contribution is -2.03. The van der Waals surface area contributed by atoms with E-state index in [9.17, 15) is 9.46 Å². The van der Waals surface area contributed by atoms with Crippen molar-refractivity contribution < 1.29 is 23.2 Å². The van der Waals surface area contributed by atoms with Crippen LogP contribution in [-0.4, -0.2) is 12.0 Å². The maximum absolute atomic E-state index is 12.5. The minimum atomic E-state index is -4.35. The van der Waals surface area contributed by atoms with E-state index < -0.39 is 7.82 Å². The summed E-state index contributed by atoms with van der Waals surface area (Å²) in [5.41, 5.74) is 3.88. The Hall–Kier alpha value is -2.46. The number of hydrogen-bond acceptors (Lipinski definition) is 4. The number of benzene rings is 3. The fourth-order valence-electron chi connectivity index (χ4n) is 3.17. The highest BCUT2D eigenvalue weighted by Crippen LogP contribution is 2.46. The molecule has 0 spiro atoms. The quantitative estimate of drug-likeness (QED) is 0.411. The van der Waals surface area contributed by atoms with Crippen molar-refractivity contribution in [3.05, 3.63) is 87.9 Å². The van der Waals surface area contributed by atoms with E-state index in [2.05, 4.69) is 0 Å². The third kappa shape index (κ3) is 6.02. The molecule has 0 saturated carbocycles. The van der Waals surface area contributed by atoms with Gasteiger partial charge in [0, 0.05) is 5.02 Å². The molecule has 0 aromatic heterocycles. The normalized spacial score (nSPS) is 12.8. The molecule has 0 bridgehead atoms. The second-order valence-electron chi connectivity index (χ2n) is 7.01. The van der Waals surface area contributed by atoms with Crippen LogP contribution < -0.4 is 13.8 Å². The van der Waals surface area contributed by atoms with Crippen LogP contribution in [0.25, 0.3) is 0 Å². The molecule has 7 heteroatoms. The van der Waals surface area contributed by atoms with Crippen LogP contribution in [0, 0.1) is 13.8 Å². The van der Waals surface area contributed by atoms with Gasteiger partial charge in [0.05, 0.1) is 7.11 Å². The van der Waals surface area contributed by atoms with Gasteiger partial charge in [-0.05, 0) is 85.3 Å². The summed E-state index contributed by atoms with van der Waals surface area (Å²) in [4.78, 5) is 10.2. The summed E-state index contributed by atoms with van der Waals surface area (Å²) >= 11 is 5.82. The number of phosphoric acid groups is 1. The average molecular weight is 447 g/mol. The number of hydrogen-bond donors (Lipinski definition) is 1. The molecule has 3 rings (SSSR count). The summed E-state index contributed by atoms with van der Waals surface area (Å²) in [6.07, 6.45) is 1.72. The Kier molecular flexibility index (Phi) is 7.09. The number of ether oxygens (including phenoxy) is 1. The zero-order valence-corrected chi connectivity index (χ0v) is 18.7. The molecule has 0 aliphatic carbocycles. The van der Waals surface area contributed by atoms with E-state index in [0.29, 0.717) is 10.8 Å². The summed E-state index contributed by atoms with van der Waals surface area (Å²) in [6.45, 7) is 3.70. The van der Waals surface area contributed by atoms with Crippen molar-refractivity contribution in [2.24, 2.45) is 0 Å². The molecule has 1 N–H and O–H groups in total. The Morgan fingerprint density at radius 3 is 1.93 bits per heavy atom. The fourth-order valence-corrected chi connectivity index (χ4v) is 4.24. The standard InChI is InChI=1S/C23H24ClO5P/c1-16-14-19(5-4-18-6-10-21(27-3)11-7-18)15-17(2)23(16)29-30(25,26)28-22-12-8-20(24)9-13-22/h6-15H,4-5H2,1-3H3,(H,25,26). The van der Waals surface area contributed by atoms with Crippen molar-refractivity contribution in [2.45, 2.75) is 26.7 Å². The van der Waals surface area contributed by atoms with Crippen molar-refractivity contribution in [3.8, 4) is 17.2 Å². The summed E-state index contributed by atoms with van der Waals surface area (Å²) in [5.74, 6) is 1.39. The van der Waals surface area contributed by atoms with Gasteiger partial charge < -0.3 is 13.8 Å². The SMILES string of the molecule is COc1ccc(CCc2cc(C)c(OP(=O)(O)Oc3ccc(Cl)cc3)c(C)c2)cc1. The number of aryl methyl sites for hydroxylation is 4. The lowest BCUT2D eigenvalue weighted by atomic mass is 10.00. The van der Waals surface area contributed by atoms with Crippen LogP contribution >= 0.6 is 19.4 Å². The summed E-state index contributed by atoms with van der Waals surface area (Å²) in [7, 11) is -2.70. The molecule has 0 aliphatic rings. The first kappa shape index (κ1) is 22.2. The number of rotatable bonds is 8. The second-order valence-corrected chi connectivity index (χ2v) is 8.75. The van der Waals surface area contributed by atoms with Crippen molar-refractivity contribution in [1.29, 1.82) is 0 Å².